The molecule has 1 aromatic heterocycles. The van der Waals surface area contributed by atoms with Crippen LogP contribution in [-0.2, 0) is 22.2 Å². The third-order valence-electron chi connectivity index (χ3n) is 16.1. The van der Waals surface area contributed by atoms with E-state index in [1.54, 1.807) is 4.90 Å². The number of nitrogens with zero attached hydrogens (tertiary/aromatic N) is 5. The number of anilines is 1. The Morgan fingerprint density at radius 3 is 2.35 bits per heavy atom. The lowest BCUT2D eigenvalue weighted by Gasteiger charge is -2.40. The number of methoxy groups -OCH3 is 1. The van der Waals surface area contributed by atoms with Gasteiger partial charge in [0, 0.05) is 92.2 Å². The van der Waals surface area contributed by atoms with Crippen molar-refractivity contribution in [3.05, 3.63) is 106 Å². The number of amides is 5. The first kappa shape index (κ1) is 48.5. The van der Waals surface area contributed by atoms with Gasteiger partial charge in [-0.05, 0) is 106 Å². The number of hydrogen-bond acceptors (Lipinski definition) is 9. The number of aryl methyl sites for hydroxylation is 1. The zero-order valence-corrected chi connectivity index (χ0v) is 41.2. The molecule has 0 spiro atoms. The summed E-state index contributed by atoms with van der Waals surface area (Å²) in [6.07, 6.45) is 7.68. The summed E-state index contributed by atoms with van der Waals surface area (Å²) in [5.74, 6) is -1.55. The highest BCUT2D eigenvalue weighted by Crippen LogP contribution is 2.56. The highest BCUT2D eigenvalue weighted by atomic mass is 35.5. The molecule has 5 aromatic rings. The van der Waals surface area contributed by atoms with Crippen LogP contribution in [0.2, 0.25) is 5.02 Å². The molecule has 4 aliphatic heterocycles. The maximum absolute atomic E-state index is 16.2. The van der Waals surface area contributed by atoms with Crippen molar-refractivity contribution in [3.63, 3.8) is 0 Å². The van der Waals surface area contributed by atoms with Crippen molar-refractivity contribution >= 4 is 52.1 Å². The van der Waals surface area contributed by atoms with Crippen LogP contribution in [-0.4, -0.2) is 102 Å². The molecular weight excluding hydrogens is 930 g/mol. The minimum atomic E-state index is -1.07. The summed E-state index contributed by atoms with van der Waals surface area (Å²) in [6.45, 7) is 6.89. The van der Waals surface area contributed by atoms with Crippen molar-refractivity contribution in [1.29, 1.82) is 0 Å². The van der Waals surface area contributed by atoms with Gasteiger partial charge in [0.25, 0.3) is 0 Å². The minimum absolute atomic E-state index is 0.00179. The van der Waals surface area contributed by atoms with Gasteiger partial charge in [-0.3, -0.25) is 29.3 Å². The zero-order valence-electron chi connectivity index (χ0n) is 40.4. The number of ether oxygens (including phenoxy) is 2. The Kier molecular flexibility index (Phi) is 13.6. The number of nitrogens with one attached hydrogen (secondary N) is 2. The van der Waals surface area contributed by atoms with Gasteiger partial charge in [-0.15, -0.1) is 0 Å². The van der Waals surface area contributed by atoms with Gasteiger partial charge < -0.3 is 30.3 Å². The molecule has 14 nitrogen and oxygen atoms in total. The van der Waals surface area contributed by atoms with Gasteiger partial charge in [0.1, 0.15) is 11.6 Å². The molecule has 374 valence electrons. The number of primary amides is 1. The number of urea groups is 1. The molecule has 5 aliphatic rings. The van der Waals surface area contributed by atoms with Crippen molar-refractivity contribution in [2.45, 2.75) is 88.2 Å². The molecule has 5 heterocycles. The van der Waals surface area contributed by atoms with Gasteiger partial charge >= 0.3 is 6.03 Å². The topological polar surface area (TPSA) is 164 Å². The molecule has 2 unspecified atom stereocenters. The maximum atomic E-state index is 16.2. The molecule has 4 aromatic carbocycles. The number of hydrogen-bond donors (Lipinski definition) is 3. The van der Waals surface area contributed by atoms with Crippen LogP contribution in [0.4, 0.5) is 19.4 Å². The van der Waals surface area contributed by atoms with E-state index >= 15 is 8.78 Å². The minimum Gasteiger partial charge on any atom is -0.494 e. The third-order valence-corrected chi connectivity index (χ3v) is 16.5. The molecule has 17 heteroatoms. The molecule has 4 fully saturated rings. The Morgan fingerprint density at radius 1 is 0.930 bits per heavy atom. The van der Waals surface area contributed by atoms with Crippen molar-refractivity contribution in [2.75, 3.05) is 57.8 Å². The predicted molar refractivity (Wildman–Crippen MR) is 267 cm³/mol. The molecule has 2 atom stereocenters. The molecule has 5 amide bonds. The lowest BCUT2D eigenvalue weighted by atomic mass is 9.77. The number of para-hydroxylation sites is 1. The van der Waals surface area contributed by atoms with Crippen LogP contribution in [0, 0.1) is 23.5 Å². The molecule has 1 saturated carbocycles. The number of piperidine rings is 2. The van der Waals surface area contributed by atoms with Crippen molar-refractivity contribution < 1.29 is 37.4 Å². The van der Waals surface area contributed by atoms with Crippen LogP contribution in [0.25, 0.3) is 22.0 Å². The number of benzene rings is 4. The molecule has 10 rings (SSSR count). The summed E-state index contributed by atoms with van der Waals surface area (Å²) >= 11 is 6.71. The number of carbonyl (C=O) groups excluding carboxylic acids is 4. The monoisotopic (exact) mass is 990 g/mol. The van der Waals surface area contributed by atoms with Crippen LogP contribution < -0.4 is 30.7 Å². The molecule has 3 saturated heterocycles. The molecular formula is C54H61ClF2N8O6. The first-order chi connectivity index (χ1) is 34.3. The van der Waals surface area contributed by atoms with Crippen LogP contribution >= 0.6 is 11.6 Å². The number of imide groups is 1. The van der Waals surface area contributed by atoms with Crippen LogP contribution in [0.1, 0.15) is 104 Å². The van der Waals surface area contributed by atoms with Gasteiger partial charge in [-0.1, -0.05) is 61.0 Å². The van der Waals surface area contributed by atoms with E-state index in [4.69, 9.17) is 31.9 Å². The lowest BCUT2D eigenvalue weighted by molar-refractivity contribution is -0.138. The molecule has 0 radical (unpaired) electrons. The Morgan fingerprint density at radius 2 is 1.66 bits per heavy atom. The summed E-state index contributed by atoms with van der Waals surface area (Å²) in [5.41, 5.74) is 7.84. The number of aromatic nitrogens is 2. The van der Waals surface area contributed by atoms with Crippen molar-refractivity contribution in [1.82, 2.24) is 30.2 Å². The number of nitrogens with two attached hydrogens (primary N) is 1. The number of halogens is 3. The fourth-order valence-electron chi connectivity index (χ4n) is 12.3. The fourth-order valence-corrected chi connectivity index (χ4v) is 12.5. The van der Waals surface area contributed by atoms with E-state index in [0.717, 1.165) is 87.5 Å². The SMILES string of the molecule is COc1ccc(C(N)=O)c(-c2c(Cl)c(F)cc3c2C(C)C(CNC2CCN(C(=O)C4CCC(CN5CCC(c6cccc7c(N8CCC(=O)NC8=O)nn(C)c67)CC5)CC4)CC2)(c2ccccc2)O3)c1F. The Labute approximate surface area is 417 Å². The maximum Gasteiger partial charge on any atom is 0.329 e. The van der Waals surface area contributed by atoms with E-state index in [-0.39, 0.29) is 63.4 Å². The van der Waals surface area contributed by atoms with Crippen molar-refractivity contribution in [2.24, 2.45) is 24.6 Å². The Bertz CT molecular complexity index is 2880. The highest BCUT2D eigenvalue weighted by Gasteiger charge is 2.50. The largest absolute Gasteiger partial charge is 0.494 e. The zero-order chi connectivity index (χ0) is 49.7. The van der Waals surface area contributed by atoms with Gasteiger partial charge in [0.15, 0.2) is 23.0 Å². The van der Waals surface area contributed by atoms with Gasteiger partial charge in [0.2, 0.25) is 17.7 Å². The lowest BCUT2D eigenvalue weighted by Crippen LogP contribution is -2.51. The summed E-state index contributed by atoms with van der Waals surface area (Å²) in [6, 6.07) is 19.4. The third kappa shape index (κ3) is 9.00. The molecule has 71 heavy (non-hydrogen) atoms. The van der Waals surface area contributed by atoms with Gasteiger partial charge in [-0.2, -0.15) is 5.10 Å². The smallest absolute Gasteiger partial charge is 0.329 e. The first-order valence-electron chi connectivity index (χ1n) is 25.0. The Balaban J connectivity index is 0.736. The second-order valence-corrected chi connectivity index (χ2v) is 20.5. The summed E-state index contributed by atoms with van der Waals surface area (Å²) in [5, 5.41) is 11.5. The molecule has 0 bridgehead atoms. The van der Waals surface area contributed by atoms with Crippen molar-refractivity contribution in [3.8, 4) is 22.6 Å². The van der Waals surface area contributed by atoms with Crippen LogP contribution in [0.3, 0.4) is 0 Å². The van der Waals surface area contributed by atoms with E-state index in [9.17, 15) is 19.2 Å². The average Bonchev–Trinajstić information content (AvgIpc) is 3.86. The van der Waals surface area contributed by atoms with E-state index < -0.39 is 35.1 Å². The standard InChI is InChI=1S/C54H61ClF2N8O6/c1-31-44-42(28-40(56)47(55)46(44)45-38(50(58)67)16-17-41(70-3)48(45)57)71-54(31,35-8-5-4-6-9-35)30-59-36-20-25-64(26-21-36)52(68)34-14-12-32(13-15-34)29-63-23-18-33(19-24-63)37-10-7-11-39-49(37)62(2)61-51(39)65-27-22-43(66)60-53(65)69/h4-11,16-17,28,31-34,36,59H,12-15,18-27,29-30H2,1-3H3,(H2,58,67)(H,60,66,69). The first-order valence-corrected chi connectivity index (χ1v) is 25.4. The van der Waals surface area contributed by atoms with Gasteiger partial charge in [0.05, 0.1) is 23.2 Å². The number of likely N-dealkylation sites (tertiary alicyclic amines) is 2. The van der Waals surface area contributed by atoms with E-state index in [1.165, 1.54) is 30.9 Å². The van der Waals surface area contributed by atoms with E-state index in [0.29, 0.717) is 49.4 Å². The predicted octanol–water partition coefficient (Wildman–Crippen LogP) is 8.38. The van der Waals surface area contributed by atoms with Crippen LogP contribution in [0.5, 0.6) is 11.5 Å². The van der Waals surface area contributed by atoms with E-state index in [1.807, 2.05) is 66.0 Å². The number of carbonyl (C=O) groups is 4. The van der Waals surface area contributed by atoms with Crippen LogP contribution in [0.15, 0.2) is 66.7 Å². The molecule has 1 aliphatic carbocycles. The summed E-state index contributed by atoms with van der Waals surface area (Å²) in [7, 11) is 3.23. The number of fused-ring (bicyclic) bond motifs is 2. The van der Waals surface area contributed by atoms with E-state index in [2.05, 4.69) is 21.6 Å². The Hall–Kier alpha value is -6.10. The number of rotatable bonds is 12. The normalized spacial score (nSPS) is 23.4. The second-order valence-electron chi connectivity index (χ2n) is 20.1. The average molecular weight is 992 g/mol. The quantitative estimate of drug-likeness (QED) is 0.111. The van der Waals surface area contributed by atoms with Gasteiger partial charge in [-0.25, -0.2) is 13.6 Å². The highest BCUT2D eigenvalue weighted by molar-refractivity contribution is 6.34. The summed E-state index contributed by atoms with van der Waals surface area (Å²) in [4.78, 5) is 57.4. The summed E-state index contributed by atoms with van der Waals surface area (Å²) < 4.78 is 46.0. The fraction of sp³-hybridized carbons (Fsp3) is 0.463. The second kappa shape index (κ2) is 19.8. The molecule has 4 N–H and O–H groups in total.